The average molecular weight is 131 g/mol. The van der Waals surface area contributed by atoms with Crippen LogP contribution < -0.4 is 10.4 Å². The highest BCUT2D eigenvalue weighted by atomic mass is 16.4. The van der Waals surface area contributed by atoms with Crippen molar-refractivity contribution in [2.45, 2.75) is 19.8 Å². The lowest BCUT2D eigenvalue weighted by Crippen LogP contribution is -2.80. The van der Waals surface area contributed by atoms with E-state index in [2.05, 4.69) is 5.32 Å². The maximum atomic E-state index is 8.89. The molecule has 0 saturated carbocycles. The first-order valence-corrected chi connectivity index (χ1v) is 3.22. The Labute approximate surface area is 55.1 Å². The van der Waals surface area contributed by atoms with Gasteiger partial charge in [0.1, 0.15) is 0 Å². The molecule has 0 aliphatic carbocycles. The molecule has 0 aromatic heterocycles. The summed E-state index contributed by atoms with van der Waals surface area (Å²) in [6, 6.07) is 0. The average Bonchev–Trinajstić information content (AvgIpc) is 2.11. The fourth-order valence-electron chi connectivity index (χ4n) is 0.722. The van der Waals surface area contributed by atoms with E-state index in [4.69, 9.17) is 9.90 Å². The van der Waals surface area contributed by atoms with E-state index in [0.29, 0.717) is 0 Å². The van der Waals surface area contributed by atoms with Gasteiger partial charge in [-0.15, -0.1) is 0 Å². The summed E-state index contributed by atoms with van der Waals surface area (Å²) in [5, 5.41) is 11.2. The number of hydrogen-bond acceptors (Lipinski definition) is 2. The van der Waals surface area contributed by atoms with Gasteiger partial charge in [0.2, 0.25) is 0 Å². The molecule has 1 saturated heterocycles. The third-order valence-electron chi connectivity index (χ3n) is 1.07. The van der Waals surface area contributed by atoms with Gasteiger partial charge >= 0.3 is 0 Å². The van der Waals surface area contributed by atoms with Gasteiger partial charge in [-0.25, -0.2) is 0 Å². The van der Waals surface area contributed by atoms with Crippen LogP contribution in [0.1, 0.15) is 19.8 Å². The number of carboxylic acids is 1. The van der Waals surface area contributed by atoms with Crippen molar-refractivity contribution in [2.75, 3.05) is 13.1 Å². The van der Waals surface area contributed by atoms with Crippen LogP contribution in [-0.4, -0.2) is 19.1 Å². The molecule has 0 radical (unpaired) electrons. The molecular formula is C6H13NO2. The minimum atomic E-state index is -1.08. The molecule has 1 aliphatic rings. The number of carbonyl (C=O) groups is 1. The quantitative estimate of drug-likeness (QED) is 0.417. The summed E-state index contributed by atoms with van der Waals surface area (Å²) in [5.74, 6) is -1.08. The van der Waals surface area contributed by atoms with Gasteiger partial charge in [0.15, 0.2) is 0 Å². The molecule has 0 aromatic rings. The van der Waals surface area contributed by atoms with Gasteiger partial charge in [-0.05, 0) is 6.92 Å². The number of carbonyl (C=O) groups excluding carboxylic acids is 1. The van der Waals surface area contributed by atoms with Gasteiger partial charge < -0.3 is 15.2 Å². The number of carboxylic acid groups (broad SMARTS) is 1. The standard InChI is InChI=1S/C4H9N.C2H4O2/c1-2-4-5-3-1;1-2(3)4/h5H,1-4H2;1H3,(H,3,4). The molecule has 1 rings (SSSR count). The van der Waals surface area contributed by atoms with Crippen LogP contribution in [0.25, 0.3) is 0 Å². The van der Waals surface area contributed by atoms with Crippen molar-refractivity contribution in [3.63, 3.8) is 0 Å². The number of hydrogen-bond donors (Lipinski definition) is 1. The topological polar surface area (TPSA) is 56.7 Å². The van der Waals surface area contributed by atoms with Crippen molar-refractivity contribution < 1.29 is 15.2 Å². The zero-order chi connectivity index (χ0) is 7.11. The maximum Gasteiger partial charge on any atom is 0.0757 e. The smallest absolute Gasteiger partial charge is 0.0757 e. The summed E-state index contributed by atoms with van der Waals surface area (Å²) in [5.41, 5.74) is 0. The molecule has 1 aliphatic heterocycles. The van der Waals surface area contributed by atoms with Gasteiger partial charge in [-0.1, -0.05) is 0 Å². The molecule has 9 heavy (non-hydrogen) atoms. The van der Waals surface area contributed by atoms with E-state index in [-0.39, 0.29) is 0 Å². The van der Waals surface area contributed by atoms with Crippen LogP contribution in [0, 0.1) is 0 Å². The van der Waals surface area contributed by atoms with Crippen molar-refractivity contribution in [3.8, 4) is 0 Å². The largest absolute Gasteiger partial charge is 0.550 e. The van der Waals surface area contributed by atoms with Crippen molar-refractivity contribution in [3.05, 3.63) is 0 Å². The summed E-state index contributed by atoms with van der Waals surface area (Å²) in [6.07, 6.45) is 2.89. The molecule has 0 atom stereocenters. The second kappa shape index (κ2) is 5.56. The lowest BCUT2D eigenvalue weighted by atomic mass is 10.4. The van der Waals surface area contributed by atoms with Crippen LogP contribution in [0.5, 0.6) is 0 Å². The van der Waals surface area contributed by atoms with E-state index in [1.54, 1.807) is 0 Å². The Morgan fingerprint density at radius 3 is 1.89 bits per heavy atom. The van der Waals surface area contributed by atoms with Crippen LogP contribution in [0.15, 0.2) is 0 Å². The number of rotatable bonds is 0. The molecule has 3 heteroatoms. The first-order chi connectivity index (χ1) is 4.23. The zero-order valence-corrected chi connectivity index (χ0v) is 5.72. The van der Waals surface area contributed by atoms with Crippen molar-refractivity contribution in [1.82, 2.24) is 0 Å². The Balaban J connectivity index is 0.000000148. The summed E-state index contributed by atoms with van der Waals surface area (Å²) < 4.78 is 0. The molecule has 0 amide bonds. The lowest BCUT2D eigenvalue weighted by molar-refractivity contribution is -0.635. The van der Waals surface area contributed by atoms with Gasteiger partial charge in [0.25, 0.3) is 0 Å². The fourth-order valence-corrected chi connectivity index (χ4v) is 0.722. The fraction of sp³-hybridized carbons (Fsp3) is 0.833. The Bertz CT molecular complexity index is 67.5. The highest BCUT2D eigenvalue weighted by Crippen LogP contribution is 1.82. The predicted octanol–water partition coefficient (Wildman–Crippen LogP) is -1.90. The van der Waals surface area contributed by atoms with Gasteiger partial charge in [0.05, 0.1) is 13.1 Å². The summed E-state index contributed by atoms with van der Waals surface area (Å²) in [7, 11) is 0. The van der Waals surface area contributed by atoms with Crippen LogP contribution in [0.4, 0.5) is 0 Å². The normalized spacial score (nSPS) is 16.1. The van der Waals surface area contributed by atoms with Crippen LogP contribution in [-0.2, 0) is 4.79 Å². The zero-order valence-electron chi connectivity index (χ0n) is 5.72. The van der Waals surface area contributed by atoms with Gasteiger partial charge in [-0.2, -0.15) is 0 Å². The van der Waals surface area contributed by atoms with Gasteiger partial charge in [0, 0.05) is 18.8 Å². The van der Waals surface area contributed by atoms with E-state index in [9.17, 15) is 0 Å². The predicted molar refractivity (Wildman–Crippen MR) is 31.6 cm³/mol. The highest BCUT2D eigenvalue weighted by molar-refractivity contribution is 5.60. The Morgan fingerprint density at radius 1 is 1.44 bits per heavy atom. The lowest BCUT2D eigenvalue weighted by Gasteiger charge is -1.77. The Hall–Kier alpha value is -0.570. The Morgan fingerprint density at radius 2 is 1.78 bits per heavy atom. The van der Waals surface area contributed by atoms with E-state index in [0.717, 1.165) is 6.92 Å². The van der Waals surface area contributed by atoms with Gasteiger partial charge in [-0.3, -0.25) is 0 Å². The molecule has 2 N–H and O–H groups in total. The first kappa shape index (κ1) is 8.43. The molecule has 1 fully saturated rings. The minimum Gasteiger partial charge on any atom is -0.550 e. The monoisotopic (exact) mass is 131 g/mol. The molecule has 0 bridgehead atoms. The van der Waals surface area contributed by atoms with Crippen LogP contribution >= 0.6 is 0 Å². The highest BCUT2D eigenvalue weighted by Gasteiger charge is 1.97. The summed E-state index contributed by atoms with van der Waals surface area (Å²) in [6.45, 7) is 3.72. The third-order valence-corrected chi connectivity index (χ3v) is 1.07. The van der Waals surface area contributed by atoms with Crippen molar-refractivity contribution in [1.29, 1.82) is 0 Å². The van der Waals surface area contributed by atoms with E-state index >= 15 is 0 Å². The summed E-state index contributed by atoms with van der Waals surface area (Å²) >= 11 is 0. The number of nitrogens with two attached hydrogens (primary N) is 1. The SMILES string of the molecule is C1CC[NH2+]C1.CC(=O)[O-]. The van der Waals surface area contributed by atoms with E-state index in [1.165, 1.54) is 25.9 Å². The molecule has 0 aromatic carbocycles. The van der Waals surface area contributed by atoms with Crippen LogP contribution in [0.3, 0.4) is 0 Å². The second-order valence-electron chi connectivity index (χ2n) is 2.06. The molecule has 3 nitrogen and oxygen atoms in total. The number of aliphatic carboxylic acids is 1. The molecule has 0 unspecified atom stereocenters. The molecule has 1 heterocycles. The van der Waals surface area contributed by atoms with Crippen molar-refractivity contribution in [2.24, 2.45) is 0 Å². The third kappa shape index (κ3) is 11.2. The van der Waals surface area contributed by atoms with E-state index in [1.807, 2.05) is 0 Å². The second-order valence-corrected chi connectivity index (χ2v) is 2.06. The minimum absolute atomic E-state index is 0.972. The Kier molecular flexibility index (Phi) is 5.21. The maximum absolute atomic E-state index is 8.89. The summed E-state index contributed by atoms with van der Waals surface area (Å²) in [4.78, 5) is 8.89. The number of quaternary nitrogens is 1. The van der Waals surface area contributed by atoms with Crippen molar-refractivity contribution >= 4 is 5.97 Å². The first-order valence-electron chi connectivity index (χ1n) is 3.22. The molecule has 0 spiro atoms. The van der Waals surface area contributed by atoms with E-state index < -0.39 is 5.97 Å². The molecular weight excluding hydrogens is 118 g/mol. The molecule has 54 valence electrons. The van der Waals surface area contributed by atoms with Crippen LogP contribution in [0.2, 0.25) is 0 Å².